The molecule has 0 saturated carbocycles. The average molecular weight is 875 g/mol. The summed E-state index contributed by atoms with van der Waals surface area (Å²) >= 11 is 0. The van der Waals surface area contributed by atoms with Crippen LogP contribution in [-0.4, -0.2) is 96.0 Å². The van der Waals surface area contributed by atoms with Crippen LogP contribution in [0.5, 0.6) is 0 Å². The Hall–Kier alpha value is -1.87. The van der Waals surface area contributed by atoms with Crippen molar-refractivity contribution in [2.24, 2.45) is 0 Å². The van der Waals surface area contributed by atoms with Crippen LogP contribution in [0.15, 0.2) is 24.8 Å². The third-order valence-electron chi connectivity index (χ3n) is 11.1. The largest absolute Gasteiger partial charge is 0.462 e. The number of hydrogen-bond donors (Lipinski definition) is 4. The molecule has 0 aliphatic carbocycles. The molecule has 1 saturated heterocycles. The van der Waals surface area contributed by atoms with Crippen LogP contribution in [0.1, 0.15) is 206 Å². The van der Waals surface area contributed by atoms with Gasteiger partial charge in [-0.05, 0) is 51.4 Å². The van der Waals surface area contributed by atoms with Crippen molar-refractivity contribution in [3.8, 4) is 0 Å². The van der Waals surface area contributed by atoms with Crippen LogP contribution in [0.2, 0.25) is 0 Å². The van der Waals surface area contributed by atoms with Gasteiger partial charge in [0.05, 0.1) is 6.61 Å². The number of esters is 2. The van der Waals surface area contributed by atoms with Crippen molar-refractivity contribution in [2.75, 3.05) is 19.0 Å². The Bertz CT molecular complexity index is 1190. The van der Waals surface area contributed by atoms with Crippen molar-refractivity contribution < 1.29 is 56.8 Å². The van der Waals surface area contributed by atoms with Crippen molar-refractivity contribution in [2.45, 2.75) is 243 Å². The highest BCUT2D eigenvalue weighted by Gasteiger charge is 2.46. The Morgan fingerprint density at radius 1 is 0.600 bits per heavy atom. The summed E-state index contributed by atoms with van der Waals surface area (Å²) < 4.78 is 54.1. The van der Waals surface area contributed by atoms with Crippen LogP contribution in [0.4, 0.5) is 0 Å². The van der Waals surface area contributed by atoms with Gasteiger partial charge in [-0.1, -0.05) is 160 Å². The number of rotatable bonds is 41. The Kier molecular flexibility index (Phi) is 35.2. The highest BCUT2D eigenvalue weighted by atomic mass is 32.2. The van der Waals surface area contributed by atoms with Crippen LogP contribution in [0.25, 0.3) is 0 Å². The van der Waals surface area contributed by atoms with Gasteiger partial charge in [-0.2, -0.15) is 8.42 Å². The predicted molar refractivity (Wildman–Crippen MR) is 238 cm³/mol. The molecule has 1 aliphatic rings. The molecule has 352 valence electrons. The van der Waals surface area contributed by atoms with Gasteiger partial charge in [-0.25, -0.2) is 0 Å². The minimum absolute atomic E-state index is 0.164. The van der Waals surface area contributed by atoms with E-state index in [0.717, 1.165) is 51.4 Å². The van der Waals surface area contributed by atoms with Gasteiger partial charge in [-0.15, -0.1) is 6.58 Å². The molecular weight excluding hydrogens is 789 g/mol. The third kappa shape index (κ3) is 31.9. The zero-order valence-electron chi connectivity index (χ0n) is 37.4. The number of aliphatic hydroxyl groups excluding tert-OH is 3. The first-order valence-corrected chi connectivity index (χ1v) is 25.5. The van der Waals surface area contributed by atoms with E-state index in [-0.39, 0.29) is 19.4 Å². The number of carbonyl (C=O) groups excluding carboxylic acids is 2. The van der Waals surface area contributed by atoms with E-state index in [2.05, 4.69) is 25.7 Å². The molecule has 1 aliphatic heterocycles. The fourth-order valence-corrected chi connectivity index (χ4v) is 8.11. The maximum atomic E-state index is 12.8. The molecule has 6 atom stereocenters. The highest BCUT2D eigenvalue weighted by molar-refractivity contribution is 7.85. The summed E-state index contributed by atoms with van der Waals surface area (Å²) in [6.45, 7) is 5.30. The molecule has 0 bridgehead atoms. The van der Waals surface area contributed by atoms with Crippen LogP contribution < -0.4 is 0 Å². The predicted octanol–water partition coefficient (Wildman–Crippen LogP) is 10.0. The molecule has 4 N–H and O–H groups in total. The first kappa shape index (κ1) is 56.1. The summed E-state index contributed by atoms with van der Waals surface area (Å²) in [5.74, 6) is -1.98. The molecule has 13 heteroatoms. The molecular formula is C47H86O12S. The first-order valence-electron chi connectivity index (χ1n) is 23.9. The Morgan fingerprint density at radius 2 is 1.03 bits per heavy atom. The van der Waals surface area contributed by atoms with Crippen LogP contribution in [0.3, 0.4) is 0 Å². The summed E-state index contributed by atoms with van der Waals surface area (Å²) in [6.07, 6.45) is 31.1. The lowest BCUT2D eigenvalue weighted by Crippen LogP contribution is -2.60. The van der Waals surface area contributed by atoms with Crippen molar-refractivity contribution in [3.63, 3.8) is 0 Å². The van der Waals surface area contributed by atoms with Gasteiger partial charge < -0.3 is 34.3 Å². The number of hydrogen-bond acceptors (Lipinski definition) is 11. The molecule has 0 spiro atoms. The van der Waals surface area contributed by atoms with E-state index in [1.807, 2.05) is 6.08 Å². The number of ether oxygens (including phenoxy) is 4. The second-order valence-electron chi connectivity index (χ2n) is 16.9. The van der Waals surface area contributed by atoms with Gasteiger partial charge in [0.15, 0.2) is 12.4 Å². The summed E-state index contributed by atoms with van der Waals surface area (Å²) in [4.78, 5) is 25.4. The van der Waals surface area contributed by atoms with Gasteiger partial charge in [0, 0.05) is 12.8 Å². The molecule has 0 aromatic heterocycles. The van der Waals surface area contributed by atoms with Crippen molar-refractivity contribution in [3.05, 3.63) is 24.8 Å². The van der Waals surface area contributed by atoms with E-state index >= 15 is 0 Å². The van der Waals surface area contributed by atoms with Gasteiger partial charge in [0.1, 0.15) is 36.8 Å². The van der Waals surface area contributed by atoms with E-state index in [9.17, 15) is 37.9 Å². The minimum Gasteiger partial charge on any atom is -0.462 e. The summed E-state index contributed by atoms with van der Waals surface area (Å²) in [5.41, 5.74) is 0. The first-order chi connectivity index (χ1) is 29.0. The number of unbranched alkanes of at least 4 members (excludes halogenated alkanes) is 26. The average Bonchev–Trinajstić information content (AvgIpc) is 3.21. The molecule has 1 fully saturated rings. The molecule has 0 radical (unpaired) electrons. The lowest BCUT2D eigenvalue weighted by molar-refractivity contribution is -0.297. The van der Waals surface area contributed by atoms with E-state index in [1.54, 1.807) is 0 Å². The minimum atomic E-state index is -4.60. The highest BCUT2D eigenvalue weighted by Crippen LogP contribution is 2.24. The normalized spacial score (nSPS) is 20.1. The standard InChI is InChI=1S/C47H86O12S/c1-3-5-7-9-11-13-15-17-19-20-22-23-25-27-29-31-33-35-42(48)56-37-40(38-57-47-46(52)45(51)44(50)41(59-47)39-60(53,54)55)58-43(49)36-34-32-30-28-26-24-21-18-16-14-12-10-8-6-4-2/h4,17,19,40-41,44-47,50-52H,2-3,5-16,18,20-39H2,1H3,(H,53,54,55)/b19-17+/t40-,41-,44-,45?,46?,47+/m1/s1. The second kappa shape index (κ2) is 37.7. The molecule has 60 heavy (non-hydrogen) atoms. The number of allylic oxidation sites excluding steroid dienone is 3. The number of carbonyl (C=O) groups is 2. The van der Waals surface area contributed by atoms with Crippen LogP contribution in [0, 0.1) is 0 Å². The Balaban J connectivity index is 2.40. The smallest absolute Gasteiger partial charge is 0.306 e. The molecule has 12 nitrogen and oxygen atoms in total. The molecule has 1 rings (SSSR count). The van der Waals surface area contributed by atoms with Gasteiger partial charge in [0.2, 0.25) is 0 Å². The molecule has 0 aromatic rings. The maximum absolute atomic E-state index is 12.8. The topological polar surface area (TPSA) is 186 Å². The van der Waals surface area contributed by atoms with E-state index < -0.39 is 71.2 Å². The monoisotopic (exact) mass is 875 g/mol. The summed E-state index contributed by atoms with van der Waals surface area (Å²) in [6, 6.07) is 0. The quantitative estimate of drug-likeness (QED) is 0.0197. The van der Waals surface area contributed by atoms with Crippen LogP contribution >= 0.6 is 0 Å². The lowest BCUT2D eigenvalue weighted by Gasteiger charge is -2.40. The van der Waals surface area contributed by atoms with Gasteiger partial charge in [0.25, 0.3) is 10.1 Å². The van der Waals surface area contributed by atoms with Crippen LogP contribution in [-0.2, 0) is 38.7 Å². The molecule has 0 amide bonds. The summed E-state index contributed by atoms with van der Waals surface area (Å²) in [7, 11) is -4.60. The van der Waals surface area contributed by atoms with E-state index in [1.165, 1.54) is 122 Å². The van der Waals surface area contributed by atoms with Crippen molar-refractivity contribution in [1.82, 2.24) is 0 Å². The van der Waals surface area contributed by atoms with Gasteiger partial charge >= 0.3 is 11.9 Å². The SMILES string of the molecule is C=CCCCCCCCCCCCCCCCC(=O)O[C@H](COC(=O)CCCCCCCCC/C=C/CCCCCCCC)CO[C@H]1O[C@H](CS(=O)(=O)O)[C@@H](O)C(O)C1O. The Labute approximate surface area is 364 Å². The zero-order chi connectivity index (χ0) is 44.1. The van der Waals surface area contributed by atoms with E-state index in [0.29, 0.717) is 12.8 Å². The molecule has 0 aromatic carbocycles. The van der Waals surface area contributed by atoms with Crippen molar-refractivity contribution in [1.29, 1.82) is 0 Å². The van der Waals surface area contributed by atoms with E-state index in [4.69, 9.17) is 18.9 Å². The summed E-state index contributed by atoms with van der Waals surface area (Å²) in [5, 5.41) is 30.9. The third-order valence-corrected chi connectivity index (χ3v) is 11.9. The fourth-order valence-electron chi connectivity index (χ4n) is 7.42. The lowest BCUT2D eigenvalue weighted by atomic mass is 10.00. The second-order valence-corrected chi connectivity index (χ2v) is 18.4. The molecule has 1 heterocycles. The Morgan fingerprint density at radius 3 is 1.50 bits per heavy atom. The van der Waals surface area contributed by atoms with Gasteiger partial charge in [-0.3, -0.25) is 14.1 Å². The maximum Gasteiger partial charge on any atom is 0.306 e. The zero-order valence-corrected chi connectivity index (χ0v) is 38.2. The molecule has 2 unspecified atom stereocenters. The fraction of sp³-hybridized carbons (Fsp3) is 0.872. The van der Waals surface area contributed by atoms with Crippen molar-refractivity contribution >= 4 is 22.1 Å². The number of aliphatic hydroxyl groups is 3.